The maximum absolute atomic E-state index is 12.6. The Morgan fingerprint density at radius 1 is 0.960 bits per heavy atom. The number of hydrogen-bond acceptors (Lipinski definition) is 4. The molecule has 0 N–H and O–H groups in total. The molecule has 2 saturated heterocycles. The highest BCUT2D eigenvalue weighted by atomic mass is 16.4. The fourth-order valence-electron chi connectivity index (χ4n) is 3.65. The second-order valence-electron chi connectivity index (χ2n) is 6.72. The van der Waals surface area contributed by atoms with Gasteiger partial charge in [0.05, 0.1) is 5.52 Å². The maximum Gasteiger partial charge on any atom is 0.420 e. The van der Waals surface area contributed by atoms with Crippen molar-refractivity contribution >= 4 is 22.9 Å². The first-order valence-electron chi connectivity index (χ1n) is 8.84. The molecule has 0 atom stereocenters. The normalized spacial score (nSPS) is 17.6. The van der Waals surface area contributed by atoms with Gasteiger partial charge in [0, 0.05) is 31.7 Å². The van der Waals surface area contributed by atoms with Crippen LogP contribution in [0.25, 0.3) is 11.1 Å². The van der Waals surface area contributed by atoms with Crippen LogP contribution in [0.15, 0.2) is 27.4 Å². The zero-order chi connectivity index (χ0) is 17.4. The molecule has 7 nitrogen and oxygen atoms in total. The second-order valence-corrected chi connectivity index (χ2v) is 6.72. The summed E-state index contributed by atoms with van der Waals surface area (Å²) in [4.78, 5) is 40.7. The van der Waals surface area contributed by atoms with Crippen LogP contribution in [-0.4, -0.2) is 52.4 Å². The molecule has 2 amide bonds. The number of carbonyl (C=O) groups is 2. The van der Waals surface area contributed by atoms with E-state index in [0.29, 0.717) is 16.7 Å². The molecule has 1 aromatic carbocycles. The van der Waals surface area contributed by atoms with Gasteiger partial charge in [-0.2, -0.15) is 0 Å². The smallest absolute Gasteiger partial charge is 0.408 e. The Morgan fingerprint density at radius 2 is 1.60 bits per heavy atom. The average molecular weight is 343 g/mol. The van der Waals surface area contributed by atoms with E-state index in [2.05, 4.69) is 0 Å². The third-order valence-electron chi connectivity index (χ3n) is 5.06. The minimum Gasteiger partial charge on any atom is -0.408 e. The Balaban J connectivity index is 1.65. The molecule has 4 rings (SSSR count). The van der Waals surface area contributed by atoms with Gasteiger partial charge in [0.1, 0.15) is 6.54 Å². The maximum atomic E-state index is 12.6. The van der Waals surface area contributed by atoms with Gasteiger partial charge < -0.3 is 14.2 Å². The number of oxazole rings is 1. The zero-order valence-corrected chi connectivity index (χ0v) is 14.1. The predicted molar refractivity (Wildman–Crippen MR) is 91.4 cm³/mol. The van der Waals surface area contributed by atoms with E-state index in [0.717, 1.165) is 51.9 Å². The highest BCUT2D eigenvalue weighted by Crippen LogP contribution is 2.19. The highest BCUT2D eigenvalue weighted by Gasteiger charge is 2.23. The third-order valence-corrected chi connectivity index (χ3v) is 5.06. The van der Waals surface area contributed by atoms with Crippen molar-refractivity contribution in [1.82, 2.24) is 14.4 Å². The fourth-order valence-corrected chi connectivity index (χ4v) is 3.65. The quantitative estimate of drug-likeness (QED) is 0.845. The molecule has 0 unspecified atom stereocenters. The lowest BCUT2D eigenvalue weighted by Crippen LogP contribution is -2.33. The molecule has 25 heavy (non-hydrogen) atoms. The minimum atomic E-state index is -0.562. The lowest BCUT2D eigenvalue weighted by atomic mass is 10.2. The van der Waals surface area contributed by atoms with Crippen LogP contribution in [0.4, 0.5) is 0 Å². The number of likely N-dealkylation sites (tertiary alicyclic amines) is 2. The highest BCUT2D eigenvalue weighted by molar-refractivity contribution is 5.97. The molecule has 2 aliphatic heterocycles. The van der Waals surface area contributed by atoms with Crippen LogP contribution in [-0.2, 0) is 11.3 Å². The molecule has 0 radical (unpaired) electrons. The molecule has 0 aliphatic carbocycles. The fraction of sp³-hybridized carbons (Fsp3) is 0.500. The predicted octanol–water partition coefficient (Wildman–Crippen LogP) is 1.45. The molecule has 2 aliphatic rings. The van der Waals surface area contributed by atoms with Crippen LogP contribution >= 0.6 is 0 Å². The van der Waals surface area contributed by atoms with E-state index in [9.17, 15) is 14.4 Å². The van der Waals surface area contributed by atoms with Crippen LogP contribution < -0.4 is 5.76 Å². The Bertz CT molecular complexity index is 870. The van der Waals surface area contributed by atoms with Gasteiger partial charge in [0.25, 0.3) is 5.91 Å². The van der Waals surface area contributed by atoms with Gasteiger partial charge in [-0.15, -0.1) is 0 Å². The first-order valence-corrected chi connectivity index (χ1v) is 8.84. The molecule has 0 bridgehead atoms. The van der Waals surface area contributed by atoms with Crippen molar-refractivity contribution in [3.05, 3.63) is 34.3 Å². The van der Waals surface area contributed by atoms with Crippen LogP contribution in [0.2, 0.25) is 0 Å². The van der Waals surface area contributed by atoms with Gasteiger partial charge in [0.15, 0.2) is 5.58 Å². The molecule has 132 valence electrons. The number of rotatable bonds is 3. The Kier molecular flexibility index (Phi) is 4.07. The number of carbonyl (C=O) groups excluding carboxylic acids is 2. The first kappa shape index (κ1) is 15.9. The number of nitrogens with zero attached hydrogens (tertiary/aromatic N) is 3. The van der Waals surface area contributed by atoms with Crippen molar-refractivity contribution in [2.24, 2.45) is 0 Å². The van der Waals surface area contributed by atoms with Gasteiger partial charge in [-0.05, 0) is 43.9 Å². The largest absolute Gasteiger partial charge is 0.420 e. The summed E-state index contributed by atoms with van der Waals surface area (Å²) in [5.74, 6) is -0.683. The van der Waals surface area contributed by atoms with Gasteiger partial charge >= 0.3 is 5.76 Å². The van der Waals surface area contributed by atoms with Crippen molar-refractivity contribution < 1.29 is 14.0 Å². The van der Waals surface area contributed by atoms with Crippen molar-refractivity contribution in [2.45, 2.75) is 32.2 Å². The van der Waals surface area contributed by atoms with Crippen LogP contribution in [0.1, 0.15) is 36.0 Å². The summed E-state index contributed by atoms with van der Waals surface area (Å²) in [5, 5.41) is 0. The van der Waals surface area contributed by atoms with E-state index in [1.165, 1.54) is 4.57 Å². The molecular weight excluding hydrogens is 322 g/mol. The van der Waals surface area contributed by atoms with E-state index in [4.69, 9.17) is 4.42 Å². The second kappa shape index (κ2) is 6.38. The molecule has 0 saturated carbocycles. The van der Waals surface area contributed by atoms with E-state index in [1.807, 2.05) is 4.90 Å². The summed E-state index contributed by atoms with van der Waals surface area (Å²) in [7, 11) is 0. The van der Waals surface area contributed by atoms with E-state index >= 15 is 0 Å². The molecule has 1 aromatic heterocycles. The topological polar surface area (TPSA) is 75.8 Å². The summed E-state index contributed by atoms with van der Waals surface area (Å²) < 4.78 is 6.56. The Hall–Kier alpha value is -2.57. The number of aromatic nitrogens is 1. The molecule has 2 fully saturated rings. The monoisotopic (exact) mass is 343 g/mol. The van der Waals surface area contributed by atoms with Gasteiger partial charge in [0.2, 0.25) is 5.91 Å². The number of benzene rings is 1. The summed E-state index contributed by atoms with van der Waals surface area (Å²) >= 11 is 0. The van der Waals surface area contributed by atoms with Crippen molar-refractivity contribution in [3.63, 3.8) is 0 Å². The van der Waals surface area contributed by atoms with Gasteiger partial charge in [-0.25, -0.2) is 4.79 Å². The number of fused-ring (bicyclic) bond motifs is 1. The van der Waals surface area contributed by atoms with Gasteiger partial charge in [-0.1, -0.05) is 0 Å². The van der Waals surface area contributed by atoms with E-state index in [-0.39, 0.29) is 18.4 Å². The SMILES string of the molecule is O=C(Cn1c(=O)oc2ccc(C(=O)N3CCCC3)cc21)N1CCCC1. The van der Waals surface area contributed by atoms with Crippen LogP contribution in [0.3, 0.4) is 0 Å². The van der Waals surface area contributed by atoms with E-state index < -0.39 is 5.76 Å². The van der Waals surface area contributed by atoms with Crippen molar-refractivity contribution in [3.8, 4) is 0 Å². The summed E-state index contributed by atoms with van der Waals surface area (Å²) in [6, 6.07) is 4.98. The standard InChI is InChI=1S/C18H21N3O4/c22-16(19-7-1-2-8-19)12-21-14-11-13(5-6-15(14)25-18(21)24)17(23)20-9-3-4-10-20/h5-6,11H,1-4,7-10,12H2. The molecule has 3 heterocycles. The lowest BCUT2D eigenvalue weighted by Gasteiger charge is -2.16. The van der Waals surface area contributed by atoms with E-state index in [1.54, 1.807) is 23.1 Å². The van der Waals surface area contributed by atoms with Crippen LogP contribution in [0, 0.1) is 0 Å². The van der Waals surface area contributed by atoms with Crippen LogP contribution in [0.5, 0.6) is 0 Å². The first-order chi connectivity index (χ1) is 12.1. The Labute approximate surface area is 144 Å². The average Bonchev–Trinajstić information content (AvgIpc) is 3.36. The zero-order valence-electron chi connectivity index (χ0n) is 14.1. The number of hydrogen-bond donors (Lipinski definition) is 0. The summed E-state index contributed by atoms with van der Waals surface area (Å²) in [6.07, 6.45) is 4.05. The summed E-state index contributed by atoms with van der Waals surface area (Å²) in [5.41, 5.74) is 1.43. The van der Waals surface area contributed by atoms with Crippen molar-refractivity contribution in [1.29, 1.82) is 0 Å². The molecule has 0 spiro atoms. The molecular formula is C18H21N3O4. The molecule has 7 heteroatoms. The lowest BCUT2D eigenvalue weighted by molar-refractivity contribution is -0.130. The van der Waals surface area contributed by atoms with Gasteiger partial charge in [-0.3, -0.25) is 14.2 Å². The van der Waals surface area contributed by atoms with Crippen molar-refractivity contribution in [2.75, 3.05) is 26.2 Å². The minimum absolute atomic E-state index is 0.0366. The Morgan fingerprint density at radius 3 is 2.28 bits per heavy atom. The number of amides is 2. The summed E-state index contributed by atoms with van der Waals surface area (Å²) in [6.45, 7) is 2.96. The third kappa shape index (κ3) is 2.94. The molecule has 2 aromatic rings.